The maximum Gasteiger partial charge on any atom is 0.228 e. The van der Waals surface area contributed by atoms with Gasteiger partial charge in [0.05, 0.1) is 12.0 Å². The average Bonchev–Trinajstić information content (AvgIpc) is 2.62. The van der Waals surface area contributed by atoms with Gasteiger partial charge in [0.25, 0.3) is 0 Å². The lowest BCUT2D eigenvalue weighted by Crippen LogP contribution is -2.45. The molecule has 0 saturated carbocycles. The van der Waals surface area contributed by atoms with Crippen molar-refractivity contribution in [1.29, 1.82) is 0 Å². The second kappa shape index (κ2) is 7.79. The number of hydrogen-bond donors (Lipinski definition) is 1. The molecule has 2 saturated heterocycles. The number of carbonyl (C=O) groups excluding carboxylic acids is 2. The van der Waals surface area contributed by atoms with Crippen LogP contribution in [-0.2, 0) is 14.3 Å². The minimum Gasteiger partial charge on any atom is -0.373 e. The predicted octanol–water partition coefficient (Wildman–Crippen LogP) is 2.27. The maximum absolute atomic E-state index is 13.0. The summed E-state index contributed by atoms with van der Waals surface area (Å²) in [7, 11) is 0. The highest BCUT2D eigenvalue weighted by Gasteiger charge is 2.36. The molecule has 1 aromatic carbocycles. The van der Waals surface area contributed by atoms with E-state index < -0.39 is 0 Å². The summed E-state index contributed by atoms with van der Waals surface area (Å²) in [5.41, 5.74) is 6.36. The monoisotopic (exact) mass is 330 g/mol. The van der Waals surface area contributed by atoms with Crippen molar-refractivity contribution < 1.29 is 14.3 Å². The number of benzene rings is 1. The highest BCUT2D eigenvalue weighted by molar-refractivity contribution is 5.80. The van der Waals surface area contributed by atoms with Crippen LogP contribution in [0.15, 0.2) is 30.3 Å². The molecule has 0 radical (unpaired) electrons. The largest absolute Gasteiger partial charge is 0.373 e. The average molecular weight is 330 g/mol. The lowest BCUT2D eigenvalue weighted by molar-refractivity contribution is -0.147. The Morgan fingerprint density at radius 1 is 1.12 bits per heavy atom. The summed E-state index contributed by atoms with van der Waals surface area (Å²) in [5, 5.41) is 0. The summed E-state index contributed by atoms with van der Waals surface area (Å²) >= 11 is 0. The fourth-order valence-electron chi connectivity index (χ4n) is 3.88. The Bertz CT molecular complexity index is 567. The second-order valence-corrected chi connectivity index (χ2v) is 6.89. The number of piperidine rings is 1. The zero-order chi connectivity index (χ0) is 16.9. The van der Waals surface area contributed by atoms with E-state index in [4.69, 9.17) is 10.5 Å². The predicted molar refractivity (Wildman–Crippen MR) is 91.0 cm³/mol. The first-order chi connectivity index (χ1) is 11.6. The van der Waals surface area contributed by atoms with Gasteiger partial charge in [0.1, 0.15) is 0 Å². The lowest BCUT2D eigenvalue weighted by atomic mass is 9.86. The molecule has 2 amide bonds. The molecule has 2 atom stereocenters. The molecule has 0 aromatic heterocycles. The van der Waals surface area contributed by atoms with Gasteiger partial charge in [-0.15, -0.1) is 0 Å². The molecule has 130 valence electrons. The molecule has 0 bridgehead atoms. The quantitative estimate of drug-likeness (QED) is 0.920. The van der Waals surface area contributed by atoms with E-state index in [1.165, 1.54) is 0 Å². The van der Waals surface area contributed by atoms with Gasteiger partial charge >= 0.3 is 0 Å². The molecule has 2 fully saturated rings. The van der Waals surface area contributed by atoms with E-state index in [2.05, 4.69) is 0 Å². The Hall–Kier alpha value is -1.88. The third-order valence-electron chi connectivity index (χ3n) is 5.18. The Morgan fingerprint density at radius 2 is 1.83 bits per heavy atom. The summed E-state index contributed by atoms with van der Waals surface area (Å²) in [6.45, 7) is 2.15. The van der Waals surface area contributed by atoms with Crippen LogP contribution in [0.2, 0.25) is 0 Å². The number of rotatable bonds is 4. The van der Waals surface area contributed by atoms with Gasteiger partial charge in [0.15, 0.2) is 0 Å². The molecule has 2 heterocycles. The summed E-state index contributed by atoms with van der Waals surface area (Å²) in [5.74, 6) is 0.165. The molecule has 3 rings (SSSR count). The molecule has 0 aliphatic carbocycles. The number of amides is 2. The third-order valence-corrected chi connectivity index (χ3v) is 5.18. The number of carbonyl (C=O) groups is 2. The number of hydrogen-bond acceptors (Lipinski definition) is 3. The Morgan fingerprint density at radius 3 is 2.50 bits per heavy atom. The minimum absolute atomic E-state index is 0.103. The fourth-order valence-corrected chi connectivity index (χ4v) is 3.88. The molecule has 0 spiro atoms. The first-order valence-electron chi connectivity index (χ1n) is 8.89. The first kappa shape index (κ1) is 17.0. The first-order valence-corrected chi connectivity index (χ1v) is 8.89. The van der Waals surface area contributed by atoms with Gasteiger partial charge < -0.3 is 15.4 Å². The van der Waals surface area contributed by atoms with E-state index in [1.807, 2.05) is 35.2 Å². The topological polar surface area (TPSA) is 72.6 Å². The van der Waals surface area contributed by atoms with Crippen molar-refractivity contribution in [1.82, 2.24) is 4.90 Å². The number of ether oxygens (including phenoxy) is 1. The Balaban J connectivity index is 1.64. The van der Waals surface area contributed by atoms with Gasteiger partial charge in [-0.25, -0.2) is 0 Å². The number of primary amides is 1. The van der Waals surface area contributed by atoms with Crippen LogP contribution in [-0.4, -0.2) is 36.4 Å². The zero-order valence-corrected chi connectivity index (χ0v) is 14.0. The van der Waals surface area contributed by atoms with Crippen molar-refractivity contribution >= 4 is 11.8 Å². The zero-order valence-electron chi connectivity index (χ0n) is 14.0. The number of likely N-dealkylation sites (tertiary alicyclic amines) is 1. The van der Waals surface area contributed by atoms with Crippen LogP contribution in [0.1, 0.15) is 43.8 Å². The van der Waals surface area contributed by atoms with Crippen LogP contribution >= 0.6 is 0 Å². The van der Waals surface area contributed by atoms with E-state index in [-0.39, 0.29) is 23.8 Å². The molecule has 1 aromatic rings. The molecular formula is C19H26N2O3. The number of nitrogens with zero attached hydrogens (tertiary/aromatic N) is 1. The van der Waals surface area contributed by atoms with Crippen molar-refractivity contribution in [3.05, 3.63) is 35.9 Å². The van der Waals surface area contributed by atoms with Gasteiger partial charge in [-0.1, -0.05) is 30.3 Å². The van der Waals surface area contributed by atoms with E-state index in [1.54, 1.807) is 0 Å². The molecular weight excluding hydrogens is 304 g/mol. The van der Waals surface area contributed by atoms with Crippen LogP contribution in [0.3, 0.4) is 0 Å². The van der Waals surface area contributed by atoms with Crippen LogP contribution in [0.25, 0.3) is 0 Å². The summed E-state index contributed by atoms with van der Waals surface area (Å²) in [6, 6.07) is 10.0. The normalized spacial score (nSPS) is 25.4. The van der Waals surface area contributed by atoms with Crippen molar-refractivity contribution in [3.8, 4) is 0 Å². The molecule has 24 heavy (non-hydrogen) atoms. The SMILES string of the molecule is NC(=O)CC1CCN(C(=O)[C@H]2CCCO[C@@H]2c2ccccc2)CC1. The highest BCUT2D eigenvalue weighted by atomic mass is 16.5. The van der Waals surface area contributed by atoms with Crippen LogP contribution in [0.5, 0.6) is 0 Å². The summed E-state index contributed by atoms with van der Waals surface area (Å²) in [4.78, 5) is 26.0. The van der Waals surface area contributed by atoms with Crippen molar-refractivity contribution in [2.45, 2.75) is 38.2 Å². The molecule has 2 aliphatic heterocycles. The third kappa shape index (κ3) is 3.96. The van der Waals surface area contributed by atoms with Crippen LogP contribution in [0, 0.1) is 11.8 Å². The standard InChI is InChI=1S/C19H26N2O3/c20-17(22)13-14-8-10-21(11-9-14)19(23)16-7-4-12-24-18(16)15-5-2-1-3-6-15/h1-3,5-6,14,16,18H,4,7-13H2,(H2,20,22)/t16-,18+/m0/s1. The van der Waals surface area contributed by atoms with E-state index in [0.29, 0.717) is 18.9 Å². The highest BCUT2D eigenvalue weighted by Crippen LogP contribution is 2.35. The van der Waals surface area contributed by atoms with Crippen molar-refractivity contribution in [2.24, 2.45) is 17.6 Å². The van der Waals surface area contributed by atoms with Gasteiger partial charge in [-0.3, -0.25) is 9.59 Å². The minimum atomic E-state index is -0.246. The lowest BCUT2D eigenvalue weighted by Gasteiger charge is -2.38. The summed E-state index contributed by atoms with van der Waals surface area (Å²) < 4.78 is 5.95. The molecule has 2 aliphatic rings. The maximum atomic E-state index is 13.0. The Labute approximate surface area is 143 Å². The number of nitrogens with two attached hydrogens (primary N) is 1. The molecule has 5 nitrogen and oxygen atoms in total. The van der Waals surface area contributed by atoms with Crippen LogP contribution < -0.4 is 5.73 Å². The van der Waals surface area contributed by atoms with Gasteiger partial charge in [0, 0.05) is 26.1 Å². The Kier molecular flexibility index (Phi) is 5.51. The van der Waals surface area contributed by atoms with Gasteiger partial charge in [0.2, 0.25) is 11.8 Å². The molecule has 5 heteroatoms. The van der Waals surface area contributed by atoms with E-state index in [0.717, 1.165) is 44.3 Å². The van der Waals surface area contributed by atoms with Gasteiger partial charge in [-0.05, 0) is 37.2 Å². The van der Waals surface area contributed by atoms with Crippen LogP contribution in [0.4, 0.5) is 0 Å². The van der Waals surface area contributed by atoms with Gasteiger partial charge in [-0.2, -0.15) is 0 Å². The molecule has 0 unspecified atom stereocenters. The van der Waals surface area contributed by atoms with Crippen molar-refractivity contribution in [2.75, 3.05) is 19.7 Å². The smallest absolute Gasteiger partial charge is 0.228 e. The molecule has 2 N–H and O–H groups in total. The van der Waals surface area contributed by atoms with E-state index >= 15 is 0 Å². The fraction of sp³-hybridized carbons (Fsp3) is 0.579. The van der Waals surface area contributed by atoms with E-state index in [9.17, 15) is 9.59 Å². The summed E-state index contributed by atoms with van der Waals surface area (Å²) in [6.07, 6.45) is 3.81. The van der Waals surface area contributed by atoms with Crippen molar-refractivity contribution in [3.63, 3.8) is 0 Å². The second-order valence-electron chi connectivity index (χ2n) is 6.89.